The van der Waals surface area contributed by atoms with Gasteiger partial charge in [-0.15, -0.1) is 11.3 Å². The lowest BCUT2D eigenvalue weighted by Gasteiger charge is -2.16. The Labute approximate surface area is 133 Å². The zero-order valence-electron chi connectivity index (χ0n) is 13.1. The Balaban J connectivity index is 1.99. The minimum absolute atomic E-state index is 0.510. The summed E-state index contributed by atoms with van der Waals surface area (Å²) in [6.45, 7) is 9.22. The predicted molar refractivity (Wildman–Crippen MR) is 90.9 cm³/mol. The largest absolute Gasteiger partial charge is 0.458 e. The van der Waals surface area contributed by atoms with E-state index in [-0.39, 0.29) is 0 Å². The van der Waals surface area contributed by atoms with Crippen molar-refractivity contribution in [2.45, 2.75) is 27.3 Å². The maximum absolute atomic E-state index is 6.11. The van der Waals surface area contributed by atoms with Gasteiger partial charge in [-0.25, -0.2) is 9.97 Å². The van der Waals surface area contributed by atoms with Gasteiger partial charge in [0.2, 0.25) is 0 Å². The highest BCUT2D eigenvalue weighted by Gasteiger charge is 2.14. The van der Waals surface area contributed by atoms with Gasteiger partial charge in [0, 0.05) is 11.4 Å². The van der Waals surface area contributed by atoms with Crippen LogP contribution in [0.25, 0.3) is 21.8 Å². The third kappa shape index (κ3) is 2.84. The third-order valence-electron chi connectivity index (χ3n) is 3.71. The summed E-state index contributed by atoms with van der Waals surface area (Å²) in [5.41, 5.74) is 6.11. The molecule has 0 aromatic carbocycles. The van der Waals surface area contributed by atoms with Gasteiger partial charge in [0.05, 0.1) is 5.39 Å². The summed E-state index contributed by atoms with van der Waals surface area (Å²) in [5, 5.41) is 0.930. The Morgan fingerprint density at radius 3 is 2.64 bits per heavy atom. The molecule has 0 radical (unpaired) electrons. The standard InChI is InChI=1S/C16H20N4OS/c1-4-20(5-2)9-11-8-12-14(17)18-15(19-16(12)22-11)13-7-6-10(3)21-13/h6-8H,4-5,9H2,1-3H3,(H2,17,18,19). The molecular weight excluding hydrogens is 296 g/mol. The molecule has 2 N–H and O–H groups in total. The highest BCUT2D eigenvalue weighted by atomic mass is 32.1. The molecular formula is C16H20N4OS. The van der Waals surface area contributed by atoms with Crippen molar-refractivity contribution in [2.75, 3.05) is 18.8 Å². The van der Waals surface area contributed by atoms with Gasteiger partial charge < -0.3 is 10.2 Å². The highest BCUT2D eigenvalue weighted by Crippen LogP contribution is 2.31. The molecule has 0 spiro atoms. The molecule has 0 amide bonds. The molecule has 0 fully saturated rings. The molecule has 0 unspecified atom stereocenters. The van der Waals surface area contributed by atoms with Gasteiger partial charge in [-0.05, 0) is 38.2 Å². The molecule has 116 valence electrons. The van der Waals surface area contributed by atoms with Crippen LogP contribution in [0.3, 0.4) is 0 Å². The summed E-state index contributed by atoms with van der Waals surface area (Å²) in [4.78, 5) is 13.5. The molecule has 0 saturated heterocycles. The molecule has 0 bridgehead atoms. The molecule has 22 heavy (non-hydrogen) atoms. The number of aromatic nitrogens is 2. The molecule has 3 heterocycles. The zero-order valence-corrected chi connectivity index (χ0v) is 13.9. The molecule has 0 aliphatic heterocycles. The van der Waals surface area contributed by atoms with Crippen molar-refractivity contribution in [1.29, 1.82) is 0 Å². The van der Waals surface area contributed by atoms with Crippen LogP contribution in [0.15, 0.2) is 22.6 Å². The van der Waals surface area contributed by atoms with E-state index >= 15 is 0 Å². The number of hydrogen-bond acceptors (Lipinski definition) is 6. The van der Waals surface area contributed by atoms with E-state index in [1.165, 1.54) is 4.88 Å². The first-order valence-corrected chi connectivity index (χ1v) is 8.27. The van der Waals surface area contributed by atoms with Gasteiger partial charge in [0.1, 0.15) is 16.4 Å². The van der Waals surface area contributed by atoms with E-state index in [1.54, 1.807) is 11.3 Å². The number of fused-ring (bicyclic) bond motifs is 1. The molecule has 0 aliphatic carbocycles. The third-order valence-corrected chi connectivity index (χ3v) is 4.72. The summed E-state index contributed by atoms with van der Waals surface area (Å²) in [6, 6.07) is 5.88. The summed E-state index contributed by atoms with van der Waals surface area (Å²) >= 11 is 1.67. The van der Waals surface area contributed by atoms with Gasteiger partial charge in [-0.2, -0.15) is 0 Å². The van der Waals surface area contributed by atoms with E-state index in [9.17, 15) is 0 Å². The van der Waals surface area contributed by atoms with Crippen LogP contribution >= 0.6 is 11.3 Å². The first-order chi connectivity index (χ1) is 10.6. The topological polar surface area (TPSA) is 68.2 Å². The van der Waals surface area contributed by atoms with E-state index in [4.69, 9.17) is 10.2 Å². The van der Waals surface area contributed by atoms with Crippen molar-refractivity contribution in [3.8, 4) is 11.6 Å². The fourth-order valence-electron chi connectivity index (χ4n) is 2.40. The molecule has 6 heteroatoms. The lowest BCUT2D eigenvalue weighted by atomic mass is 10.3. The summed E-state index contributed by atoms with van der Waals surface area (Å²) in [7, 11) is 0. The number of anilines is 1. The van der Waals surface area contributed by atoms with Crippen LogP contribution in [0.5, 0.6) is 0 Å². The molecule has 0 aliphatic rings. The SMILES string of the molecule is CCN(CC)Cc1cc2c(N)nc(-c3ccc(C)o3)nc2s1. The van der Waals surface area contributed by atoms with Crippen LogP contribution in [-0.2, 0) is 6.54 Å². The van der Waals surface area contributed by atoms with Crippen molar-refractivity contribution < 1.29 is 4.42 Å². The maximum Gasteiger partial charge on any atom is 0.199 e. The first-order valence-electron chi connectivity index (χ1n) is 7.45. The van der Waals surface area contributed by atoms with Crippen LogP contribution in [0.4, 0.5) is 5.82 Å². The maximum atomic E-state index is 6.11. The average molecular weight is 316 g/mol. The number of rotatable bonds is 5. The Bertz CT molecular complexity index is 789. The van der Waals surface area contributed by atoms with Gasteiger partial charge >= 0.3 is 0 Å². The van der Waals surface area contributed by atoms with Crippen LogP contribution in [0.2, 0.25) is 0 Å². The highest BCUT2D eigenvalue weighted by molar-refractivity contribution is 7.18. The zero-order chi connectivity index (χ0) is 15.7. The van der Waals surface area contributed by atoms with E-state index < -0.39 is 0 Å². The van der Waals surface area contributed by atoms with E-state index in [2.05, 4.69) is 34.8 Å². The average Bonchev–Trinajstić information content (AvgIpc) is 3.10. The van der Waals surface area contributed by atoms with Crippen LogP contribution < -0.4 is 5.73 Å². The number of aryl methyl sites for hydroxylation is 1. The second-order valence-electron chi connectivity index (χ2n) is 5.24. The minimum Gasteiger partial charge on any atom is -0.458 e. The molecule has 0 atom stereocenters. The van der Waals surface area contributed by atoms with Crippen LogP contribution in [-0.4, -0.2) is 28.0 Å². The van der Waals surface area contributed by atoms with E-state index in [0.29, 0.717) is 17.4 Å². The second-order valence-corrected chi connectivity index (χ2v) is 6.35. The minimum atomic E-state index is 0.510. The van der Waals surface area contributed by atoms with Crippen molar-refractivity contribution in [3.63, 3.8) is 0 Å². The molecule has 3 aromatic heterocycles. The van der Waals surface area contributed by atoms with Gasteiger partial charge in [0.15, 0.2) is 11.6 Å². The Hall–Kier alpha value is -1.92. The Morgan fingerprint density at radius 2 is 2.00 bits per heavy atom. The first kappa shape index (κ1) is 15.0. The van der Waals surface area contributed by atoms with Crippen molar-refractivity contribution in [1.82, 2.24) is 14.9 Å². The normalized spacial score (nSPS) is 11.6. The molecule has 3 rings (SSSR count). The van der Waals surface area contributed by atoms with Crippen molar-refractivity contribution >= 4 is 27.4 Å². The van der Waals surface area contributed by atoms with Crippen molar-refractivity contribution in [3.05, 3.63) is 28.8 Å². The predicted octanol–water partition coefficient (Wildman–Crippen LogP) is 3.68. The summed E-state index contributed by atoms with van der Waals surface area (Å²) in [5.74, 6) is 2.56. The lowest BCUT2D eigenvalue weighted by molar-refractivity contribution is 0.298. The second kappa shape index (κ2) is 6.06. The molecule has 3 aromatic rings. The van der Waals surface area contributed by atoms with Gasteiger partial charge in [-0.1, -0.05) is 13.8 Å². The monoisotopic (exact) mass is 316 g/mol. The number of nitrogens with zero attached hydrogens (tertiary/aromatic N) is 3. The summed E-state index contributed by atoms with van der Waals surface area (Å²) in [6.07, 6.45) is 0. The van der Waals surface area contributed by atoms with Crippen LogP contribution in [0.1, 0.15) is 24.5 Å². The number of furan rings is 1. The quantitative estimate of drug-likeness (QED) is 0.777. The Morgan fingerprint density at radius 1 is 1.23 bits per heavy atom. The van der Waals surface area contributed by atoms with E-state index in [0.717, 1.165) is 35.6 Å². The number of nitrogen functional groups attached to an aromatic ring is 1. The number of hydrogen-bond donors (Lipinski definition) is 1. The Kier molecular flexibility index (Phi) is 4.13. The molecule has 0 saturated carbocycles. The van der Waals surface area contributed by atoms with Gasteiger partial charge in [-0.3, -0.25) is 4.90 Å². The molecule has 5 nitrogen and oxygen atoms in total. The van der Waals surface area contributed by atoms with Crippen LogP contribution in [0, 0.1) is 6.92 Å². The number of nitrogens with two attached hydrogens (primary N) is 1. The number of thiophene rings is 1. The van der Waals surface area contributed by atoms with E-state index in [1.807, 2.05) is 19.1 Å². The fraction of sp³-hybridized carbons (Fsp3) is 0.375. The fourth-order valence-corrected chi connectivity index (χ4v) is 3.48. The van der Waals surface area contributed by atoms with Crippen molar-refractivity contribution in [2.24, 2.45) is 0 Å². The smallest absolute Gasteiger partial charge is 0.199 e. The van der Waals surface area contributed by atoms with Gasteiger partial charge in [0.25, 0.3) is 0 Å². The summed E-state index contributed by atoms with van der Waals surface area (Å²) < 4.78 is 5.60. The lowest BCUT2D eigenvalue weighted by Crippen LogP contribution is -2.21.